The van der Waals surface area contributed by atoms with Gasteiger partial charge in [-0.1, -0.05) is 258 Å². The summed E-state index contributed by atoms with van der Waals surface area (Å²) in [6.07, 6.45) is 51.0. The van der Waals surface area contributed by atoms with Crippen LogP contribution in [-0.2, 0) is 28.6 Å². The van der Waals surface area contributed by atoms with Crippen LogP contribution in [0.2, 0.25) is 0 Å². The SMILES string of the molecule is CCCCCCCCCCCCCCCCCCCCC(=O)O[C@H](COC(=O)CCCCCCCCC)COC(=O)CCCCCCCCCCCCCCCCC. The van der Waals surface area contributed by atoms with E-state index in [0.29, 0.717) is 19.3 Å². The van der Waals surface area contributed by atoms with Crippen LogP contribution in [0.4, 0.5) is 0 Å². The molecule has 344 valence electrons. The molecular weight excluding hydrogens is 721 g/mol. The Bertz CT molecular complexity index is 859. The molecule has 0 radical (unpaired) electrons. The van der Waals surface area contributed by atoms with Crippen LogP contribution < -0.4 is 0 Å². The van der Waals surface area contributed by atoms with Gasteiger partial charge in [-0.15, -0.1) is 0 Å². The number of carbonyl (C=O) groups excluding carboxylic acids is 3. The number of hydrogen-bond acceptors (Lipinski definition) is 6. The van der Waals surface area contributed by atoms with Crippen LogP contribution in [0.5, 0.6) is 0 Å². The molecule has 0 saturated carbocycles. The van der Waals surface area contributed by atoms with Gasteiger partial charge in [0.15, 0.2) is 6.10 Å². The number of hydrogen-bond donors (Lipinski definition) is 0. The molecular formula is C52H100O6. The second-order valence-electron chi connectivity index (χ2n) is 17.8. The van der Waals surface area contributed by atoms with Gasteiger partial charge in [0.1, 0.15) is 13.2 Å². The van der Waals surface area contributed by atoms with E-state index in [9.17, 15) is 14.4 Å². The number of ether oxygens (including phenoxy) is 3. The molecule has 0 aliphatic rings. The molecule has 6 nitrogen and oxygen atoms in total. The summed E-state index contributed by atoms with van der Waals surface area (Å²) in [5.74, 6) is -0.848. The monoisotopic (exact) mass is 821 g/mol. The largest absolute Gasteiger partial charge is 0.462 e. The molecule has 0 aromatic heterocycles. The highest BCUT2D eigenvalue weighted by molar-refractivity contribution is 5.71. The summed E-state index contributed by atoms with van der Waals surface area (Å²) < 4.78 is 16.7. The molecule has 0 amide bonds. The molecule has 0 heterocycles. The third-order valence-electron chi connectivity index (χ3n) is 11.9. The second kappa shape index (κ2) is 48.1. The van der Waals surface area contributed by atoms with Crippen LogP contribution in [0.3, 0.4) is 0 Å². The predicted molar refractivity (Wildman–Crippen MR) is 247 cm³/mol. The first-order valence-electron chi connectivity index (χ1n) is 26.0. The van der Waals surface area contributed by atoms with Gasteiger partial charge < -0.3 is 14.2 Å². The van der Waals surface area contributed by atoms with Crippen molar-refractivity contribution in [1.82, 2.24) is 0 Å². The number of unbranched alkanes of at least 4 members (excludes halogenated alkanes) is 37. The zero-order chi connectivity index (χ0) is 42.3. The fourth-order valence-electron chi connectivity index (χ4n) is 7.92. The molecule has 58 heavy (non-hydrogen) atoms. The van der Waals surface area contributed by atoms with Gasteiger partial charge in [0.25, 0.3) is 0 Å². The number of rotatable bonds is 48. The molecule has 0 unspecified atom stereocenters. The van der Waals surface area contributed by atoms with Crippen molar-refractivity contribution in [2.75, 3.05) is 13.2 Å². The van der Waals surface area contributed by atoms with Crippen LogP contribution in [0, 0.1) is 0 Å². The van der Waals surface area contributed by atoms with Crippen LogP contribution >= 0.6 is 0 Å². The van der Waals surface area contributed by atoms with E-state index in [1.807, 2.05) is 0 Å². The lowest BCUT2D eigenvalue weighted by molar-refractivity contribution is -0.167. The van der Waals surface area contributed by atoms with Gasteiger partial charge in [0.05, 0.1) is 0 Å². The third-order valence-corrected chi connectivity index (χ3v) is 11.9. The maximum Gasteiger partial charge on any atom is 0.306 e. The Kier molecular flexibility index (Phi) is 46.8. The summed E-state index contributed by atoms with van der Waals surface area (Å²) in [5.41, 5.74) is 0. The van der Waals surface area contributed by atoms with Crippen molar-refractivity contribution in [3.05, 3.63) is 0 Å². The van der Waals surface area contributed by atoms with Crippen molar-refractivity contribution in [2.45, 2.75) is 303 Å². The van der Waals surface area contributed by atoms with Gasteiger partial charge >= 0.3 is 17.9 Å². The third kappa shape index (κ3) is 45.5. The highest BCUT2D eigenvalue weighted by Gasteiger charge is 2.19. The minimum atomic E-state index is -0.758. The summed E-state index contributed by atoms with van der Waals surface area (Å²) in [5, 5.41) is 0. The minimum absolute atomic E-state index is 0.0624. The maximum atomic E-state index is 12.8. The zero-order valence-corrected chi connectivity index (χ0v) is 39.3. The molecule has 0 rings (SSSR count). The Morgan fingerprint density at radius 2 is 0.466 bits per heavy atom. The molecule has 1 atom stereocenters. The van der Waals surface area contributed by atoms with E-state index in [1.54, 1.807) is 0 Å². The molecule has 0 spiro atoms. The standard InChI is InChI=1S/C52H100O6/c1-4-7-10-13-16-18-20-22-24-25-26-28-30-32-34-37-40-43-46-52(55)58-49(47-56-50(53)44-41-38-35-15-12-9-6-3)48-57-51(54)45-42-39-36-33-31-29-27-23-21-19-17-14-11-8-5-2/h49H,4-48H2,1-3H3/t49-/m1/s1. The molecule has 0 aromatic carbocycles. The lowest BCUT2D eigenvalue weighted by Crippen LogP contribution is -2.30. The summed E-state index contributed by atoms with van der Waals surface area (Å²) in [4.78, 5) is 37.8. The molecule has 0 fully saturated rings. The first kappa shape index (κ1) is 56.4. The molecule has 0 aliphatic carbocycles. The van der Waals surface area contributed by atoms with Gasteiger partial charge in [0.2, 0.25) is 0 Å². The van der Waals surface area contributed by atoms with Crippen LogP contribution in [-0.4, -0.2) is 37.2 Å². The van der Waals surface area contributed by atoms with E-state index >= 15 is 0 Å². The Morgan fingerprint density at radius 3 is 0.690 bits per heavy atom. The van der Waals surface area contributed by atoms with Gasteiger partial charge in [0, 0.05) is 19.3 Å². The predicted octanol–water partition coefficient (Wildman–Crippen LogP) is 16.8. The highest BCUT2D eigenvalue weighted by Crippen LogP contribution is 2.17. The second-order valence-corrected chi connectivity index (χ2v) is 17.8. The fraction of sp³-hybridized carbons (Fsp3) is 0.942. The Hall–Kier alpha value is -1.59. The van der Waals surface area contributed by atoms with E-state index in [1.165, 1.54) is 199 Å². The van der Waals surface area contributed by atoms with Gasteiger partial charge in [-0.3, -0.25) is 14.4 Å². The fourth-order valence-corrected chi connectivity index (χ4v) is 7.92. The van der Waals surface area contributed by atoms with Crippen molar-refractivity contribution in [3.8, 4) is 0 Å². The molecule has 0 bridgehead atoms. The van der Waals surface area contributed by atoms with Gasteiger partial charge in [-0.05, 0) is 19.3 Å². The van der Waals surface area contributed by atoms with Gasteiger partial charge in [-0.2, -0.15) is 0 Å². The molecule has 0 N–H and O–H groups in total. The normalized spacial score (nSPS) is 11.8. The minimum Gasteiger partial charge on any atom is -0.462 e. The van der Waals surface area contributed by atoms with Crippen LogP contribution in [0.15, 0.2) is 0 Å². The van der Waals surface area contributed by atoms with Crippen LogP contribution in [0.1, 0.15) is 297 Å². The molecule has 0 aromatic rings. The van der Waals surface area contributed by atoms with Crippen molar-refractivity contribution >= 4 is 17.9 Å². The molecule has 0 aliphatic heterocycles. The first-order chi connectivity index (χ1) is 28.5. The Labute approximate surface area is 361 Å². The lowest BCUT2D eigenvalue weighted by atomic mass is 10.0. The summed E-state index contributed by atoms with van der Waals surface area (Å²) >= 11 is 0. The average molecular weight is 821 g/mol. The van der Waals surface area contributed by atoms with E-state index in [0.717, 1.165) is 57.8 Å². The van der Waals surface area contributed by atoms with E-state index in [-0.39, 0.29) is 31.1 Å². The quantitative estimate of drug-likeness (QED) is 0.0346. The van der Waals surface area contributed by atoms with Crippen molar-refractivity contribution in [3.63, 3.8) is 0 Å². The summed E-state index contributed by atoms with van der Waals surface area (Å²) in [7, 11) is 0. The van der Waals surface area contributed by atoms with E-state index in [2.05, 4.69) is 20.8 Å². The average Bonchev–Trinajstić information content (AvgIpc) is 3.22. The van der Waals surface area contributed by atoms with Gasteiger partial charge in [-0.25, -0.2) is 0 Å². The first-order valence-corrected chi connectivity index (χ1v) is 26.0. The number of esters is 3. The van der Waals surface area contributed by atoms with Crippen molar-refractivity contribution in [1.29, 1.82) is 0 Å². The summed E-state index contributed by atoms with van der Waals surface area (Å²) in [6, 6.07) is 0. The lowest BCUT2D eigenvalue weighted by Gasteiger charge is -2.18. The van der Waals surface area contributed by atoms with Crippen LogP contribution in [0.25, 0.3) is 0 Å². The topological polar surface area (TPSA) is 78.9 Å². The number of carbonyl (C=O) groups is 3. The van der Waals surface area contributed by atoms with Crippen molar-refractivity contribution < 1.29 is 28.6 Å². The van der Waals surface area contributed by atoms with E-state index in [4.69, 9.17) is 14.2 Å². The smallest absolute Gasteiger partial charge is 0.306 e. The molecule has 0 saturated heterocycles. The maximum absolute atomic E-state index is 12.8. The van der Waals surface area contributed by atoms with Crippen molar-refractivity contribution in [2.24, 2.45) is 0 Å². The highest BCUT2D eigenvalue weighted by atomic mass is 16.6. The van der Waals surface area contributed by atoms with E-state index < -0.39 is 6.10 Å². The summed E-state index contributed by atoms with van der Waals surface area (Å²) in [6.45, 7) is 6.64. The Balaban J connectivity index is 4.18. The molecule has 6 heteroatoms. The zero-order valence-electron chi connectivity index (χ0n) is 39.3. The Morgan fingerprint density at radius 1 is 0.276 bits per heavy atom.